The number of halogens is 2. The molecule has 0 radical (unpaired) electrons. The lowest BCUT2D eigenvalue weighted by Crippen LogP contribution is -2.46. The van der Waals surface area contributed by atoms with Gasteiger partial charge in [0.1, 0.15) is 11.7 Å². The van der Waals surface area contributed by atoms with Gasteiger partial charge in [0.15, 0.2) is 0 Å². The first kappa shape index (κ1) is 22.4. The lowest BCUT2D eigenvalue weighted by atomic mass is 10.1. The molecule has 0 unspecified atom stereocenters. The average Bonchev–Trinajstić information content (AvgIpc) is 3.48. The molecule has 1 aliphatic heterocycles. The van der Waals surface area contributed by atoms with Crippen LogP contribution in [0.1, 0.15) is 24.5 Å². The van der Waals surface area contributed by atoms with E-state index in [0.717, 1.165) is 60.6 Å². The largest absolute Gasteiger partial charge is 0.368 e. The second kappa shape index (κ2) is 8.75. The van der Waals surface area contributed by atoms with Gasteiger partial charge in [0.2, 0.25) is 5.91 Å². The smallest absolute Gasteiger partial charge is 0.260 e. The summed E-state index contributed by atoms with van der Waals surface area (Å²) in [5.74, 6) is -4.53. The van der Waals surface area contributed by atoms with Crippen molar-refractivity contribution in [3.8, 4) is 0 Å². The Bertz CT molecular complexity index is 1270. The number of hydrogen-bond acceptors (Lipinski definition) is 6. The van der Waals surface area contributed by atoms with Crippen LogP contribution in [0, 0.1) is 5.92 Å². The van der Waals surface area contributed by atoms with Crippen molar-refractivity contribution in [2.45, 2.75) is 32.2 Å². The van der Waals surface area contributed by atoms with Gasteiger partial charge in [0, 0.05) is 50.9 Å². The monoisotopic (exact) mass is 468 g/mol. The van der Waals surface area contributed by atoms with Gasteiger partial charge in [-0.25, -0.2) is 13.8 Å². The summed E-state index contributed by atoms with van der Waals surface area (Å²) in [6, 6.07) is 7.33. The number of rotatable bonds is 6. The molecule has 3 aromatic heterocycles. The Labute approximate surface area is 195 Å². The molecule has 2 N–H and O–H groups in total. The van der Waals surface area contributed by atoms with Gasteiger partial charge in [-0.2, -0.15) is 0 Å². The molecule has 8 nitrogen and oxygen atoms in total. The average molecular weight is 469 g/mol. The van der Waals surface area contributed by atoms with Crippen molar-refractivity contribution < 1.29 is 13.6 Å². The maximum Gasteiger partial charge on any atom is 0.260 e. The molecule has 0 spiro atoms. The molecule has 1 saturated carbocycles. The van der Waals surface area contributed by atoms with E-state index >= 15 is 0 Å². The summed E-state index contributed by atoms with van der Waals surface area (Å²) < 4.78 is 26.1. The number of amides is 1. The molecule has 5 rings (SSSR count). The highest BCUT2D eigenvalue weighted by molar-refractivity contribution is 5.94. The lowest BCUT2D eigenvalue weighted by Gasteiger charge is -2.36. The summed E-state index contributed by atoms with van der Waals surface area (Å²) in [5, 5.41) is 2.46. The maximum atomic E-state index is 13.0. The fourth-order valence-electron chi connectivity index (χ4n) is 4.30. The van der Waals surface area contributed by atoms with Crippen LogP contribution in [0.2, 0.25) is 0 Å². The van der Waals surface area contributed by atoms with Crippen LogP contribution >= 0.6 is 0 Å². The molecule has 1 saturated heterocycles. The number of hydrogen-bond donors (Lipinski definition) is 2. The van der Waals surface area contributed by atoms with Gasteiger partial charge in [-0.1, -0.05) is 6.92 Å². The highest BCUT2D eigenvalue weighted by atomic mass is 19.3. The van der Waals surface area contributed by atoms with Gasteiger partial charge >= 0.3 is 0 Å². The Morgan fingerprint density at radius 2 is 1.94 bits per heavy atom. The van der Waals surface area contributed by atoms with Crippen LogP contribution in [0.5, 0.6) is 0 Å². The van der Waals surface area contributed by atoms with E-state index in [1.165, 1.54) is 0 Å². The Hall–Kier alpha value is -3.40. The van der Waals surface area contributed by atoms with Crippen LogP contribution < -0.4 is 15.8 Å². The zero-order valence-electron chi connectivity index (χ0n) is 18.9. The van der Waals surface area contributed by atoms with Gasteiger partial charge in [-0.15, -0.1) is 0 Å². The number of aryl methyl sites for hydroxylation is 1. The molecule has 178 valence electrons. The van der Waals surface area contributed by atoms with Crippen molar-refractivity contribution >= 4 is 28.4 Å². The van der Waals surface area contributed by atoms with E-state index in [1.54, 1.807) is 12.3 Å². The number of carbonyl (C=O) groups excluding carboxylic acids is 1. The van der Waals surface area contributed by atoms with Crippen molar-refractivity contribution in [3.63, 3.8) is 0 Å². The molecule has 0 aromatic carbocycles. The van der Waals surface area contributed by atoms with E-state index < -0.39 is 24.2 Å². The minimum atomic E-state index is -2.89. The second-order valence-electron chi connectivity index (χ2n) is 8.93. The zero-order chi connectivity index (χ0) is 23.9. The van der Waals surface area contributed by atoms with Crippen molar-refractivity contribution in [2.75, 3.05) is 36.4 Å². The fraction of sp³-hybridized carbons (Fsp3) is 0.417. The third kappa shape index (κ3) is 4.63. The number of H-pyrrole nitrogens is 1. The Kier molecular flexibility index (Phi) is 5.76. The first-order valence-electron chi connectivity index (χ1n) is 11.5. The molecular weight excluding hydrogens is 442 g/mol. The third-order valence-corrected chi connectivity index (χ3v) is 6.49. The summed E-state index contributed by atoms with van der Waals surface area (Å²) in [5.41, 5.74) is 4.19. The Morgan fingerprint density at radius 1 is 1.18 bits per heavy atom. The number of nitrogens with one attached hydrogen (secondary N) is 2. The standard InChI is InChI=1S/C24H26F2N6O2/c1-2-16-10-19-20(29-22(16)33)9-15(12-27-19)14-31-5-7-32(8-6-31)17-3-4-21(28-13-17)30-23(34)18-11-24(18,25)26/h3-4,9-10,12-13,18H,2,5-8,11,14H2,1H3,(H,29,33)(H,28,30,34)/t18-/m1/s1. The highest BCUT2D eigenvalue weighted by Gasteiger charge is 2.61. The van der Waals surface area contributed by atoms with E-state index in [-0.39, 0.29) is 11.4 Å². The van der Waals surface area contributed by atoms with Crippen LogP contribution in [0.3, 0.4) is 0 Å². The summed E-state index contributed by atoms with van der Waals surface area (Å²) >= 11 is 0. The minimum absolute atomic E-state index is 0.0627. The predicted octanol–water partition coefficient (Wildman–Crippen LogP) is 2.80. The molecule has 4 heterocycles. The molecule has 1 amide bonds. The number of alkyl halides is 2. The Balaban J connectivity index is 1.16. The van der Waals surface area contributed by atoms with Crippen molar-refractivity contribution in [3.05, 3.63) is 58.1 Å². The summed E-state index contributed by atoms with van der Waals surface area (Å²) in [7, 11) is 0. The van der Waals surface area contributed by atoms with E-state index in [4.69, 9.17) is 0 Å². The maximum absolute atomic E-state index is 13.0. The molecule has 34 heavy (non-hydrogen) atoms. The number of nitrogens with zero attached hydrogens (tertiary/aromatic N) is 4. The van der Waals surface area contributed by atoms with E-state index in [0.29, 0.717) is 6.42 Å². The molecule has 3 aromatic rings. The highest BCUT2D eigenvalue weighted by Crippen LogP contribution is 2.49. The first-order valence-corrected chi connectivity index (χ1v) is 11.5. The van der Waals surface area contributed by atoms with Gasteiger partial charge in [0.25, 0.3) is 11.5 Å². The topological polar surface area (TPSA) is 94.2 Å². The number of fused-ring (bicyclic) bond motifs is 1. The number of carbonyl (C=O) groups is 1. The predicted molar refractivity (Wildman–Crippen MR) is 125 cm³/mol. The Morgan fingerprint density at radius 3 is 2.59 bits per heavy atom. The van der Waals surface area contributed by atoms with Crippen LogP contribution in [0.4, 0.5) is 20.3 Å². The molecule has 1 aliphatic carbocycles. The number of aromatic nitrogens is 3. The quantitative estimate of drug-likeness (QED) is 0.578. The number of anilines is 2. The number of aromatic amines is 1. The van der Waals surface area contributed by atoms with Crippen LogP contribution in [0.25, 0.3) is 11.0 Å². The lowest BCUT2D eigenvalue weighted by molar-refractivity contribution is -0.119. The van der Waals surface area contributed by atoms with Gasteiger partial charge < -0.3 is 15.2 Å². The molecule has 2 fully saturated rings. The van der Waals surface area contributed by atoms with Gasteiger partial charge in [0.05, 0.1) is 22.9 Å². The molecule has 10 heteroatoms. The summed E-state index contributed by atoms with van der Waals surface area (Å²) in [6.45, 7) is 5.99. The van der Waals surface area contributed by atoms with Crippen LogP contribution in [-0.4, -0.2) is 57.9 Å². The fourth-order valence-corrected chi connectivity index (χ4v) is 4.30. The van der Waals surface area contributed by atoms with Crippen LogP contribution in [-0.2, 0) is 17.8 Å². The molecular formula is C24H26F2N6O2. The van der Waals surface area contributed by atoms with E-state index in [2.05, 4.69) is 30.1 Å². The van der Waals surface area contributed by atoms with Gasteiger partial charge in [-0.3, -0.25) is 19.5 Å². The zero-order valence-corrected chi connectivity index (χ0v) is 18.9. The number of piperazine rings is 1. The minimum Gasteiger partial charge on any atom is -0.368 e. The molecule has 2 aliphatic rings. The van der Waals surface area contributed by atoms with Crippen molar-refractivity contribution in [1.82, 2.24) is 19.9 Å². The SMILES string of the molecule is CCc1cc2ncc(CN3CCN(c4ccc(NC(=O)[C@H]5CC5(F)F)nc4)CC3)cc2[nH]c1=O. The summed E-state index contributed by atoms with van der Waals surface area (Å²) in [4.78, 5) is 40.1. The van der Waals surface area contributed by atoms with Crippen molar-refractivity contribution in [1.29, 1.82) is 0 Å². The molecule has 1 atom stereocenters. The van der Waals surface area contributed by atoms with Crippen LogP contribution in [0.15, 0.2) is 41.5 Å². The van der Waals surface area contributed by atoms with Crippen molar-refractivity contribution in [2.24, 2.45) is 5.92 Å². The van der Waals surface area contributed by atoms with E-state index in [9.17, 15) is 18.4 Å². The normalized spacial score (nSPS) is 19.9. The first-order chi connectivity index (χ1) is 16.3. The molecule has 0 bridgehead atoms. The second-order valence-corrected chi connectivity index (χ2v) is 8.93. The van der Waals surface area contributed by atoms with E-state index in [1.807, 2.05) is 31.3 Å². The third-order valence-electron chi connectivity index (χ3n) is 6.49. The summed E-state index contributed by atoms with van der Waals surface area (Å²) in [6.07, 6.45) is 3.80. The van der Waals surface area contributed by atoms with Gasteiger partial charge in [-0.05, 0) is 36.2 Å². The number of pyridine rings is 3.